The third kappa shape index (κ3) is 5.32. The Morgan fingerprint density at radius 3 is 2.71 bits per heavy atom. The molecule has 2 N–H and O–H groups in total. The Kier molecular flexibility index (Phi) is 6.43. The van der Waals surface area contributed by atoms with Gasteiger partial charge in [0, 0.05) is 45.5 Å². The van der Waals surface area contributed by atoms with Crippen LogP contribution in [0, 0.1) is 0 Å². The molecule has 0 unspecified atom stereocenters. The van der Waals surface area contributed by atoms with E-state index in [1.807, 2.05) is 24.4 Å². The Balaban J connectivity index is 1.66. The molecule has 1 amide bonds. The van der Waals surface area contributed by atoms with Crippen molar-refractivity contribution >= 4 is 11.7 Å². The van der Waals surface area contributed by atoms with Crippen molar-refractivity contribution in [2.75, 3.05) is 57.3 Å². The summed E-state index contributed by atoms with van der Waals surface area (Å²) in [6.07, 6.45) is 1.82. The maximum Gasteiger partial charge on any atom is 0.234 e. The molecule has 0 aliphatic carbocycles. The second-order valence-corrected chi connectivity index (χ2v) is 5.15. The molecule has 0 bridgehead atoms. The van der Waals surface area contributed by atoms with Crippen LogP contribution < -0.4 is 15.5 Å². The molecule has 1 aliphatic heterocycles. The highest BCUT2D eigenvalue weighted by atomic mass is 16.2. The van der Waals surface area contributed by atoms with Gasteiger partial charge in [0.25, 0.3) is 0 Å². The second kappa shape index (κ2) is 8.59. The van der Waals surface area contributed by atoms with Gasteiger partial charge in [-0.15, -0.1) is 0 Å². The molecule has 6 heteroatoms. The number of piperazine rings is 1. The molecule has 2 rings (SSSR count). The Bertz CT molecular complexity index is 417. The lowest BCUT2D eigenvalue weighted by molar-refractivity contribution is -0.122. The van der Waals surface area contributed by atoms with Crippen LogP contribution in [0.25, 0.3) is 0 Å². The molecular weight excluding hydrogens is 266 g/mol. The minimum atomic E-state index is 0.110. The van der Waals surface area contributed by atoms with Gasteiger partial charge in [0.15, 0.2) is 0 Å². The van der Waals surface area contributed by atoms with E-state index in [4.69, 9.17) is 0 Å². The molecule has 1 saturated heterocycles. The van der Waals surface area contributed by atoms with Crippen molar-refractivity contribution in [3.63, 3.8) is 0 Å². The number of pyridine rings is 1. The molecule has 2 heterocycles. The van der Waals surface area contributed by atoms with E-state index in [9.17, 15) is 4.79 Å². The van der Waals surface area contributed by atoms with Gasteiger partial charge in [0.2, 0.25) is 5.91 Å². The van der Waals surface area contributed by atoms with Crippen LogP contribution in [0.1, 0.15) is 6.92 Å². The van der Waals surface area contributed by atoms with Crippen molar-refractivity contribution in [1.82, 2.24) is 20.5 Å². The van der Waals surface area contributed by atoms with Gasteiger partial charge in [-0.25, -0.2) is 4.98 Å². The van der Waals surface area contributed by atoms with Gasteiger partial charge in [-0.1, -0.05) is 13.0 Å². The highest BCUT2D eigenvalue weighted by Crippen LogP contribution is 2.11. The van der Waals surface area contributed by atoms with Crippen molar-refractivity contribution in [2.45, 2.75) is 6.92 Å². The fourth-order valence-electron chi connectivity index (χ4n) is 2.40. The summed E-state index contributed by atoms with van der Waals surface area (Å²) in [4.78, 5) is 20.6. The van der Waals surface area contributed by atoms with E-state index in [2.05, 4.69) is 32.3 Å². The number of nitrogens with zero attached hydrogens (tertiary/aromatic N) is 3. The molecule has 6 nitrogen and oxygen atoms in total. The van der Waals surface area contributed by atoms with E-state index in [-0.39, 0.29) is 5.91 Å². The summed E-state index contributed by atoms with van der Waals surface area (Å²) >= 11 is 0. The maximum atomic E-state index is 11.8. The van der Waals surface area contributed by atoms with Gasteiger partial charge in [0.05, 0.1) is 6.54 Å². The smallest absolute Gasteiger partial charge is 0.234 e. The molecule has 0 radical (unpaired) electrons. The lowest BCUT2D eigenvalue weighted by Gasteiger charge is -2.34. The van der Waals surface area contributed by atoms with Crippen LogP contribution >= 0.6 is 0 Å². The Morgan fingerprint density at radius 2 is 2.05 bits per heavy atom. The van der Waals surface area contributed by atoms with Crippen molar-refractivity contribution < 1.29 is 4.79 Å². The number of nitrogens with one attached hydrogen (secondary N) is 2. The number of carbonyl (C=O) groups excluding carboxylic acids is 1. The summed E-state index contributed by atoms with van der Waals surface area (Å²) in [6.45, 7) is 8.64. The number of anilines is 1. The minimum absolute atomic E-state index is 0.110. The van der Waals surface area contributed by atoms with Crippen molar-refractivity contribution in [3.8, 4) is 0 Å². The Labute approximate surface area is 126 Å². The fraction of sp³-hybridized carbons (Fsp3) is 0.600. The van der Waals surface area contributed by atoms with E-state index in [0.29, 0.717) is 13.1 Å². The highest BCUT2D eigenvalue weighted by molar-refractivity contribution is 5.78. The zero-order valence-corrected chi connectivity index (χ0v) is 12.7. The quantitative estimate of drug-likeness (QED) is 0.689. The summed E-state index contributed by atoms with van der Waals surface area (Å²) in [5, 5.41) is 6.13. The predicted molar refractivity (Wildman–Crippen MR) is 84.4 cm³/mol. The van der Waals surface area contributed by atoms with E-state index in [0.717, 1.165) is 45.1 Å². The zero-order valence-electron chi connectivity index (χ0n) is 12.7. The van der Waals surface area contributed by atoms with E-state index < -0.39 is 0 Å². The summed E-state index contributed by atoms with van der Waals surface area (Å²) in [6, 6.07) is 5.97. The molecule has 21 heavy (non-hydrogen) atoms. The van der Waals surface area contributed by atoms with Crippen molar-refractivity contribution in [2.24, 2.45) is 0 Å². The third-order valence-electron chi connectivity index (χ3n) is 3.59. The topological polar surface area (TPSA) is 60.5 Å². The molecule has 0 saturated carbocycles. The first-order valence-electron chi connectivity index (χ1n) is 7.65. The van der Waals surface area contributed by atoms with Crippen LogP contribution in [0.5, 0.6) is 0 Å². The Hall–Kier alpha value is -1.66. The normalized spacial score (nSPS) is 16.0. The fourth-order valence-corrected chi connectivity index (χ4v) is 2.40. The van der Waals surface area contributed by atoms with Crippen molar-refractivity contribution in [1.29, 1.82) is 0 Å². The summed E-state index contributed by atoms with van der Waals surface area (Å²) in [7, 11) is 0. The van der Waals surface area contributed by atoms with Gasteiger partial charge in [-0.05, 0) is 18.7 Å². The minimum Gasteiger partial charge on any atom is -0.354 e. The van der Waals surface area contributed by atoms with Crippen LogP contribution in [-0.4, -0.2) is 68.1 Å². The highest BCUT2D eigenvalue weighted by Gasteiger charge is 2.19. The molecule has 0 spiro atoms. The number of rotatable bonds is 7. The number of amides is 1. The molecule has 1 aromatic rings. The average molecular weight is 291 g/mol. The van der Waals surface area contributed by atoms with Gasteiger partial charge in [-0.2, -0.15) is 0 Å². The van der Waals surface area contributed by atoms with Gasteiger partial charge in [0.1, 0.15) is 5.82 Å². The maximum absolute atomic E-state index is 11.8. The molecular formula is C15H25N5O. The summed E-state index contributed by atoms with van der Waals surface area (Å²) < 4.78 is 0. The lowest BCUT2D eigenvalue weighted by atomic mass is 10.3. The van der Waals surface area contributed by atoms with Crippen LogP contribution in [0.3, 0.4) is 0 Å². The average Bonchev–Trinajstić information content (AvgIpc) is 2.53. The first-order chi connectivity index (χ1) is 10.3. The third-order valence-corrected chi connectivity index (χ3v) is 3.59. The zero-order chi connectivity index (χ0) is 14.9. The second-order valence-electron chi connectivity index (χ2n) is 5.15. The molecule has 1 aromatic heterocycles. The first-order valence-corrected chi connectivity index (χ1v) is 7.65. The van der Waals surface area contributed by atoms with E-state index >= 15 is 0 Å². The number of hydrogen-bond acceptors (Lipinski definition) is 5. The lowest BCUT2D eigenvalue weighted by Crippen LogP contribution is -2.50. The van der Waals surface area contributed by atoms with E-state index in [1.165, 1.54) is 0 Å². The van der Waals surface area contributed by atoms with Crippen LogP contribution in [0.15, 0.2) is 24.4 Å². The number of carbonyl (C=O) groups is 1. The molecule has 0 atom stereocenters. The number of likely N-dealkylation sites (N-methyl/N-ethyl adjacent to an activating group) is 1. The standard InChI is InChI=1S/C15H25N5O/c1-2-16-7-8-18-15(21)13-19-9-11-20(12-10-19)14-5-3-4-6-17-14/h3-6,16H,2,7-13H2,1H3,(H,18,21). The summed E-state index contributed by atoms with van der Waals surface area (Å²) in [5.74, 6) is 1.13. The van der Waals surface area contributed by atoms with Crippen LogP contribution in [0.4, 0.5) is 5.82 Å². The summed E-state index contributed by atoms with van der Waals surface area (Å²) in [5.41, 5.74) is 0. The largest absolute Gasteiger partial charge is 0.354 e. The molecule has 116 valence electrons. The molecule has 1 fully saturated rings. The van der Waals surface area contributed by atoms with Gasteiger partial charge >= 0.3 is 0 Å². The van der Waals surface area contributed by atoms with E-state index in [1.54, 1.807) is 0 Å². The molecule has 0 aromatic carbocycles. The Morgan fingerprint density at radius 1 is 1.24 bits per heavy atom. The van der Waals surface area contributed by atoms with Crippen LogP contribution in [0.2, 0.25) is 0 Å². The van der Waals surface area contributed by atoms with Crippen LogP contribution in [-0.2, 0) is 4.79 Å². The molecule has 1 aliphatic rings. The number of aromatic nitrogens is 1. The van der Waals surface area contributed by atoms with Gasteiger partial charge in [-0.3, -0.25) is 9.69 Å². The number of hydrogen-bond donors (Lipinski definition) is 2. The van der Waals surface area contributed by atoms with Crippen molar-refractivity contribution in [3.05, 3.63) is 24.4 Å². The monoisotopic (exact) mass is 291 g/mol. The van der Waals surface area contributed by atoms with Gasteiger partial charge < -0.3 is 15.5 Å². The predicted octanol–water partition coefficient (Wildman–Crippen LogP) is -0.0707. The SMILES string of the molecule is CCNCCNC(=O)CN1CCN(c2ccccn2)CC1. The first kappa shape index (κ1) is 15.7.